The maximum atomic E-state index is 11.5. The van der Waals surface area contributed by atoms with Crippen molar-refractivity contribution in [3.05, 3.63) is 36.7 Å². The summed E-state index contributed by atoms with van der Waals surface area (Å²) in [6.45, 7) is 2.47. The van der Waals surface area contributed by atoms with Gasteiger partial charge < -0.3 is 16.0 Å². The van der Waals surface area contributed by atoms with E-state index in [1.54, 1.807) is 6.33 Å². The number of nitrogen functional groups attached to an aromatic ring is 1. The SMILES string of the molecule is Nc1cccc(-c2cc(NCCCN3CCCC3=O)ncn2)c1. The predicted octanol–water partition coefficient (Wildman–Crippen LogP) is 2.15. The standard InChI is InChI=1S/C17H21N5O/c18-14-5-1-4-13(10-14)15-11-16(21-12-20-15)19-7-3-9-22-8-2-6-17(22)23/h1,4-5,10-12H,2-3,6-9,18H2,(H,19,20,21). The highest BCUT2D eigenvalue weighted by Crippen LogP contribution is 2.20. The monoisotopic (exact) mass is 311 g/mol. The molecule has 23 heavy (non-hydrogen) atoms. The zero-order chi connectivity index (χ0) is 16.1. The average molecular weight is 311 g/mol. The lowest BCUT2D eigenvalue weighted by Crippen LogP contribution is -2.27. The molecule has 1 fully saturated rings. The Morgan fingerprint density at radius 2 is 2.17 bits per heavy atom. The van der Waals surface area contributed by atoms with Crippen molar-refractivity contribution in [2.75, 3.05) is 30.7 Å². The molecule has 6 heteroatoms. The molecule has 0 saturated carbocycles. The first-order chi connectivity index (χ1) is 11.2. The van der Waals surface area contributed by atoms with Crippen LogP contribution in [0, 0.1) is 0 Å². The predicted molar refractivity (Wildman–Crippen MR) is 90.8 cm³/mol. The Bertz CT molecular complexity index is 688. The van der Waals surface area contributed by atoms with Crippen molar-refractivity contribution in [2.45, 2.75) is 19.3 Å². The van der Waals surface area contributed by atoms with Crippen molar-refractivity contribution >= 4 is 17.4 Å². The van der Waals surface area contributed by atoms with E-state index in [0.29, 0.717) is 12.1 Å². The van der Waals surface area contributed by atoms with Crippen LogP contribution in [-0.2, 0) is 4.79 Å². The molecule has 2 heterocycles. The Labute approximate surface area is 135 Å². The second-order valence-electron chi connectivity index (χ2n) is 5.68. The third kappa shape index (κ3) is 3.97. The summed E-state index contributed by atoms with van der Waals surface area (Å²) >= 11 is 0. The van der Waals surface area contributed by atoms with Crippen molar-refractivity contribution in [1.29, 1.82) is 0 Å². The van der Waals surface area contributed by atoms with Crippen molar-refractivity contribution < 1.29 is 4.79 Å². The maximum absolute atomic E-state index is 11.5. The van der Waals surface area contributed by atoms with Gasteiger partial charge in [0.15, 0.2) is 0 Å². The van der Waals surface area contributed by atoms with Gasteiger partial charge in [0.25, 0.3) is 0 Å². The first-order valence-electron chi connectivity index (χ1n) is 7.92. The molecular formula is C17H21N5O. The molecule has 0 radical (unpaired) electrons. The highest BCUT2D eigenvalue weighted by Gasteiger charge is 2.18. The quantitative estimate of drug-likeness (QED) is 0.631. The highest BCUT2D eigenvalue weighted by atomic mass is 16.2. The van der Waals surface area contributed by atoms with Crippen LogP contribution in [0.5, 0.6) is 0 Å². The molecular weight excluding hydrogens is 290 g/mol. The molecule has 0 bridgehead atoms. The topological polar surface area (TPSA) is 84.1 Å². The average Bonchev–Trinajstić information content (AvgIpc) is 2.97. The molecule has 120 valence electrons. The third-order valence-corrected chi connectivity index (χ3v) is 3.93. The molecule has 0 atom stereocenters. The number of carbonyl (C=O) groups is 1. The number of hydrogen-bond donors (Lipinski definition) is 2. The lowest BCUT2D eigenvalue weighted by Gasteiger charge is -2.15. The van der Waals surface area contributed by atoms with Crippen LogP contribution < -0.4 is 11.1 Å². The van der Waals surface area contributed by atoms with Gasteiger partial charge in [-0.15, -0.1) is 0 Å². The third-order valence-electron chi connectivity index (χ3n) is 3.93. The molecule has 0 spiro atoms. The minimum absolute atomic E-state index is 0.274. The van der Waals surface area contributed by atoms with Crippen LogP contribution in [-0.4, -0.2) is 40.4 Å². The van der Waals surface area contributed by atoms with Crippen molar-refractivity contribution in [3.8, 4) is 11.3 Å². The summed E-state index contributed by atoms with van der Waals surface area (Å²) in [6, 6.07) is 9.54. The van der Waals surface area contributed by atoms with Gasteiger partial charge >= 0.3 is 0 Å². The summed E-state index contributed by atoms with van der Waals surface area (Å²) in [5.74, 6) is 1.06. The largest absolute Gasteiger partial charge is 0.399 e. The summed E-state index contributed by atoms with van der Waals surface area (Å²) in [4.78, 5) is 22.0. The van der Waals surface area contributed by atoms with Gasteiger partial charge in [-0.05, 0) is 25.0 Å². The van der Waals surface area contributed by atoms with E-state index < -0.39 is 0 Å². The Morgan fingerprint density at radius 3 is 2.96 bits per heavy atom. The van der Waals surface area contributed by atoms with E-state index in [1.165, 1.54) is 0 Å². The number of nitrogens with one attached hydrogen (secondary N) is 1. The number of likely N-dealkylation sites (tertiary alicyclic amines) is 1. The number of hydrogen-bond acceptors (Lipinski definition) is 5. The van der Waals surface area contributed by atoms with Gasteiger partial charge in [-0.2, -0.15) is 0 Å². The van der Waals surface area contributed by atoms with Crippen LogP contribution in [0.1, 0.15) is 19.3 Å². The van der Waals surface area contributed by atoms with Gasteiger partial charge in [-0.25, -0.2) is 9.97 Å². The van der Waals surface area contributed by atoms with Crippen LogP contribution in [0.4, 0.5) is 11.5 Å². The number of benzene rings is 1. The van der Waals surface area contributed by atoms with E-state index in [2.05, 4.69) is 15.3 Å². The zero-order valence-corrected chi connectivity index (χ0v) is 13.0. The smallest absolute Gasteiger partial charge is 0.222 e. The van der Waals surface area contributed by atoms with Gasteiger partial charge in [0.05, 0.1) is 5.69 Å². The highest BCUT2D eigenvalue weighted by molar-refractivity contribution is 5.78. The van der Waals surface area contributed by atoms with Crippen molar-refractivity contribution in [3.63, 3.8) is 0 Å². The van der Waals surface area contributed by atoms with E-state index in [0.717, 1.165) is 49.6 Å². The molecule has 0 unspecified atom stereocenters. The molecule has 1 saturated heterocycles. The van der Waals surface area contributed by atoms with Crippen LogP contribution in [0.25, 0.3) is 11.3 Å². The molecule has 1 aromatic carbocycles. The number of carbonyl (C=O) groups excluding carboxylic acids is 1. The van der Waals surface area contributed by atoms with Crippen LogP contribution in [0.3, 0.4) is 0 Å². The molecule has 1 amide bonds. The minimum atomic E-state index is 0.274. The minimum Gasteiger partial charge on any atom is -0.399 e. The van der Waals surface area contributed by atoms with E-state index in [4.69, 9.17) is 5.73 Å². The number of aromatic nitrogens is 2. The van der Waals surface area contributed by atoms with E-state index in [-0.39, 0.29) is 5.91 Å². The number of amides is 1. The van der Waals surface area contributed by atoms with Gasteiger partial charge in [-0.1, -0.05) is 12.1 Å². The molecule has 3 rings (SSSR count). The first kappa shape index (κ1) is 15.3. The summed E-state index contributed by atoms with van der Waals surface area (Å²) in [7, 11) is 0. The second kappa shape index (κ2) is 7.09. The van der Waals surface area contributed by atoms with Crippen LogP contribution in [0.15, 0.2) is 36.7 Å². The van der Waals surface area contributed by atoms with Crippen LogP contribution in [0.2, 0.25) is 0 Å². The van der Waals surface area contributed by atoms with Crippen molar-refractivity contribution in [2.24, 2.45) is 0 Å². The van der Waals surface area contributed by atoms with Gasteiger partial charge in [-0.3, -0.25) is 4.79 Å². The fourth-order valence-corrected chi connectivity index (χ4v) is 2.74. The second-order valence-corrected chi connectivity index (χ2v) is 5.68. The van der Waals surface area contributed by atoms with Gasteiger partial charge in [0.2, 0.25) is 5.91 Å². The number of nitrogens with zero attached hydrogens (tertiary/aromatic N) is 3. The summed E-state index contributed by atoms with van der Waals surface area (Å²) in [5.41, 5.74) is 8.33. The first-order valence-corrected chi connectivity index (χ1v) is 7.92. The Balaban J connectivity index is 1.54. The Morgan fingerprint density at radius 1 is 1.26 bits per heavy atom. The van der Waals surface area contributed by atoms with E-state index in [1.807, 2.05) is 35.2 Å². The maximum Gasteiger partial charge on any atom is 0.222 e. The van der Waals surface area contributed by atoms with E-state index in [9.17, 15) is 4.79 Å². The number of anilines is 2. The molecule has 1 aliphatic rings. The molecule has 6 nitrogen and oxygen atoms in total. The zero-order valence-electron chi connectivity index (χ0n) is 13.0. The molecule has 1 aromatic heterocycles. The van der Waals surface area contributed by atoms with E-state index >= 15 is 0 Å². The summed E-state index contributed by atoms with van der Waals surface area (Å²) < 4.78 is 0. The molecule has 2 aromatic rings. The molecule has 0 aliphatic carbocycles. The fraction of sp³-hybridized carbons (Fsp3) is 0.353. The molecule has 3 N–H and O–H groups in total. The Kier molecular flexibility index (Phi) is 4.71. The molecule has 1 aliphatic heterocycles. The number of rotatable bonds is 6. The van der Waals surface area contributed by atoms with Gasteiger partial charge in [0.1, 0.15) is 12.1 Å². The van der Waals surface area contributed by atoms with Crippen molar-refractivity contribution in [1.82, 2.24) is 14.9 Å². The Hall–Kier alpha value is -2.63. The fourth-order valence-electron chi connectivity index (χ4n) is 2.74. The van der Waals surface area contributed by atoms with Crippen LogP contribution >= 0.6 is 0 Å². The van der Waals surface area contributed by atoms with Gasteiger partial charge in [0, 0.05) is 43.4 Å². The lowest BCUT2D eigenvalue weighted by molar-refractivity contribution is -0.127. The summed E-state index contributed by atoms with van der Waals surface area (Å²) in [6.07, 6.45) is 4.14. The number of nitrogens with two attached hydrogens (primary N) is 1. The normalized spacial score (nSPS) is 14.3. The summed E-state index contributed by atoms with van der Waals surface area (Å²) in [5, 5.41) is 3.29. The lowest BCUT2D eigenvalue weighted by atomic mass is 10.1.